The maximum absolute atomic E-state index is 12.4. The van der Waals surface area contributed by atoms with E-state index in [0.29, 0.717) is 12.5 Å². The maximum Gasteiger partial charge on any atom is 0.260 e. The molecule has 6 heteroatoms. The van der Waals surface area contributed by atoms with Crippen molar-refractivity contribution in [3.8, 4) is 5.75 Å². The number of nitrogens with zero attached hydrogens (tertiary/aromatic N) is 2. The maximum atomic E-state index is 12.4. The molecule has 2 aliphatic heterocycles. The molecule has 1 unspecified atom stereocenters. The molecule has 0 spiro atoms. The zero-order valence-electron chi connectivity index (χ0n) is 14.7. The number of benzene rings is 1. The molecule has 2 heterocycles. The number of para-hydroxylation sites is 1. The molecule has 1 aromatic carbocycles. The number of hydrogen-bond acceptors (Lipinski definition) is 4. The molecular formula is C19H27N3O3. The van der Waals surface area contributed by atoms with E-state index in [1.807, 2.05) is 35.2 Å². The van der Waals surface area contributed by atoms with Crippen LogP contribution in [0.25, 0.3) is 0 Å². The minimum absolute atomic E-state index is 0.0448. The molecule has 1 aromatic rings. The summed E-state index contributed by atoms with van der Waals surface area (Å²) in [6, 6.07) is 9.88. The molecule has 25 heavy (non-hydrogen) atoms. The van der Waals surface area contributed by atoms with Crippen molar-refractivity contribution < 1.29 is 14.3 Å². The molecule has 0 bridgehead atoms. The second-order valence-corrected chi connectivity index (χ2v) is 6.70. The summed E-state index contributed by atoms with van der Waals surface area (Å²) in [5.41, 5.74) is 0. The van der Waals surface area contributed by atoms with E-state index in [9.17, 15) is 9.59 Å². The Morgan fingerprint density at radius 2 is 1.96 bits per heavy atom. The lowest BCUT2D eigenvalue weighted by Gasteiger charge is -2.29. The van der Waals surface area contributed by atoms with Crippen molar-refractivity contribution in [2.45, 2.75) is 31.7 Å². The van der Waals surface area contributed by atoms with Gasteiger partial charge in [0.2, 0.25) is 5.91 Å². The third kappa shape index (κ3) is 5.19. The van der Waals surface area contributed by atoms with Gasteiger partial charge in [0.1, 0.15) is 5.75 Å². The Morgan fingerprint density at radius 1 is 1.12 bits per heavy atom. The van der Waals surface area contributed by atoms with Crippen LogP contribution >= 0.6 is 0 Å². The molecule has 2 aliphatic rings. The van der Waals surface area contributed by atoms with E-state index in [1.165, 1.54) is 0 Å². The van der Waals surface area contributed by atoms with Gasteiger partial charge in [0.05, 0.1) is 0 Å². The van der Waals surface area contributed by atoms with Crippen LogP contribution in [0.2, 0.25) is 0 Å². The van der Waals surface area contributed by atoms with E-state index < -0.39 is 0 Å². The van der Waals surface area contributed by atoms with Crippen molar-refractivity contribution in [2.24, 2.45) is 0 Å². The summed E-state index contributed by atoms with van der Waals surface area (Å²) in [4.78, 5) is 28.3. The molecule has 1 atom stereocenters. The van der Waals surface area contributed by atoms with Crippen molar-refractivity contribution in [3.63, 3.8) is 0 Å². The highest BCUT2D eigenvalue weighted by Gasteiger charge is 2.26. The van der Waals surface area contributed by atoms with Crippen molar-refractivity contribution >= 4 is 11.8 Å². The fourth-order valence-corrected chi connectivity index (χ4v) is 3.58. The van der Waals surface area contributed by atoms with Gasteiger partial charge in [0.15, 0.2) is 6.61 Å². The number of nitrogens with one attached hydrogen (secondary N) is 1. The fraction of sp³-hybridized carbons (Fsp3) is 0.579. The van der Waals surface area contributed by atoms with E-state index in [2.05, 4.69) is 10.2 Å². The molecule has 0 aromatic heterocycles. The van der Waals surface area contributed by atoms with E-state index in [0.717, 1.165) is 57.7 Å². The van der Waals surface area contributed by atoms with Gasteiger partial charge >= 0.3 is 0 Å². The minimum Gasteiger partial charge on any atom is -0.484 e. The summed E-state index contributed by atoms with van der Waals surface area (Å²) in [6.07, 6.45) is 3.48. The van der Waals surface area contributed by atoms with Gasteiger partial charge < -0.3 is 15.0 Å². The van der Waals surface area contributed by atoms with Gasteiger partial charge in [0, 0.05) is 45.2 Å². The Bertz CT molecular complexity index is 579. The number of ether oxygens (including phenoxy) is 1. The average molecular weight is 345 g/mol. The molecule has 1 N–H and O–H groups in total. The van der Waals surface area contributed by atoms with Gasteiger partial charge in [-0.15, -0.1) is 0 Å². The van der Waals surface area contributed by atoms with Crippen LogP contribution in [-0.2, 0) is 9.59 Å². The lowest BCUT2D eigenvalue weighted by Crippen LogP contribution is -2.41. The van der Waals surface area contributed by atoms with Gasteiger partial charge in [0.25, 0.3) is 5.91 Å². The SMILES string of the molecule is O=C1CCC(N2CCCN(C(=O)COc3ccccc3)CC2)CCN1. The molecule has 0 saturated carbocycles. The van der Waals surface area contributed by atoms with E-state index in [4.69, 9.17) is 4.74 Å². The molecule has 3 rings (SSSR count). The Labute approximate surface area is 149 Å². The highest BCUT2D eigenvalue weighted by Crippen LogP contribution is 2.17. The normalized spacial score (nSPS) is 22.6. The smallest absolute Gasteiger partial charge is 0.260 e. The number of amides is 2. The van der Waals surface area contributed by atoms with Crippen LogP contribution in [0.1, 0.15) is 25.7 Å². The molecule has 136 valence electrons. The monoisotopic (exact) mass is 345 g/mol. The second-order valence-electron chi connectivity index (χ2n) is 6.70. The number of carbonyl (C=O) groups excluding carboxylic acids is 2. The van der Waals surface area contributed by atoms with Crippen LogP contribution in [0, 0.1) is 0 Å². The predicted molar refractivity (Wildman–Crippen MR) is 95.4 cm³/mol. The molecular weight excluding hydrogens is 318 g/mol. The Morgan fingerprint density at radius 3 is 2.80 bits per heavy atom. The van der Waals surface area contributed by atoms with Gasteiger partial charge in [-0.2, -0.15) is 0 Å². The Hall–Kier alpha value is -2.08. The van der Waals surface area contributed by atoms with Crippen LogP contribution < -0.4 is 10.1 Å². The van der Waals surface area contributed by atoms with Crippen molar-refractivity contribution in [1.29, 1.82) is 0 Å². The van der Waals surface area contributed by atoms with Crippen LogP contribution in [0.5, 0.6) is 5.75 Å². The van der Waals surface area contributed by atoms with Crippen molar-refractivity contribution in [1.82, 2.24) is 15.1 Å². The third-order valence-corrected chi connectivity index (χ3v) is 5.01. The average Bonchev–Trinajstić information content (AvgIpc) is 3.01. The highest BCUT2D eigenvalue weighted by atomic mass is 16.5. The molecule has 2 fully saturated rings. The van der Waals surface area contributed by atoms with E-state index in [-0.39, 0.29) is 18.4 Å². The topological polar surface area (TPSA) is 61.9 Å². The third-order valence-electron chi connectivity index (χ3n) is 5.01. The van der Waals surface area contributed by atoms with Gasteiger partial charge in [-0.05, 0) is 31.4 Å². The van der Waals surface area contributed by atoms with Crippen LogP contribution in [0.4, 0.5) is 0 Å². The lowest BCUT2D eigenvalue weighted by molar-refractivity contribution is -0.133. The molecule has 0 radical (unpaired) electrons. The van der Waals surface area contributed by atoms with Crippen LogP contribution in [0.15, 0.2) is 30.3 Å². The predicted octanol–water partition coefficient (Wildman–Crippen LogP) is 1.27. The van der Waals surface area contributed by atoms with Crippen LogP contribution in [0.3, 0.4) is 0 Å². The largest absolute Gasteiger partial charge is 0.484 e. The van der Waals surface area contributed by atoms with E-state index in [1.54, 1.807) is 0 Å². The second kappa shape index (κ2) is 8.85. The highest BCUT2D eigenvalue weighted by molar-refractivity contribution is 5.77. The zero-order valence-corrected chi connectivity index (χ0v) is 14.7. The first kappa shape index (κ1) is 17.7. The number of hydrogen-bond donors (Lipinski definition) is 1. The Kier molecular flexibility index (Phi) is 6.28. The fourth-order valence-electron chi connectivity index (χ4n) is 3.58. The first-order chi connectivity index (χ1) is 12.2. The summed E-state index contributed by atoms with van der Waals surface area (Å²) in [5, 5.41) is 2.94. The summed E-state index contributed by atoms with van der Waals surface area (Å²) in [5.74, 6) is 0.929. The summed E-state index contributed by atoms with van der Waals surface area (Å²) >= 11 is 0. The molecule has 2 amide bonds. The van der Waals surface area contributed by atoms with Gasteiger partial charge in [-0.3, -0.25) is 14.5 Å². The quantitative estimate of drug-likeness (QED) is 0.893. The first-order valence-electron chi connectivity index (χ1n) is 9.19. The van der Waals surface area contributed by atoms with Crippen molar-refractivity contribution in [3.05, 3.63) is 30.3 Å². The molecule has 6 nitrogen and oxygen atoms in total. The number of carbonyl (C=O) groups is 2. The van der Waals surface area contributed by atoms with Crippen molar-refractivity contribution in [2.75, 3.05) is 39.3 Å². The standard InChI is InChI=1S/C19H27N3O3/c23-18-8-7-16(9-10-20-18)21-11-4-12-22(14-13-21)19(24)15-25-17-5-2-1-3-6-17/h1-3,5-6,16H,4,7-15H2,(H,20,23). The first-order valence-corrected chi connectivity index (χ1v) is 9.19. The Balaban J connectivity index is 1.47. The van der Waals surface area contributed by atoms with Gasteiger partial charge in [-0.25, -0.2) is 0 Å². The molecule has 0 aliphatic carbocycles. The summed E-state index contributed by atoms with van der Waals surface area (Å²) in [6.45, 7) is 4.21. The summed E-state index contributed by atoms with van der Waals surface area (Å²) < 4.78 is 5.58. The lowest BCUT2D eigenvalue weighted by atomic mass is 10.1. The van der Waals surface area contributed by atoms with Crippen LogP contribution in [-0.4, -0.2) is 67.0 Å². The zero-order chi connectivity index (χ0) is 17.5. The van der Waals surface area contributed by atoms with E-state index >= 15 is 0 Å². The van der Waals surface area contributed by atoms with Gasteiger partial charge in [-0.1, -0.05) is 18.2 Å². The molecule has 2 saturated heterocycles. The summed E-state index contributed by atoms with van der Waals surface area (Å²) in [7, 11) is 0. The number of rotatable bonds is 4. The minimum atomic E-state index is 0.0448.